The monoisotopic (exact) mass is 345 g/mol. The molecule has 0 atom stereocenters. The summed E-state index contributed by atoms with van der Waals surface area (Å²) in [5, 5.41) is 11.7. The minimum absolute atomic E-state index is 0.0225. The lowest BCUT2D eigenvalue weighted by atomic mass is 10.2. The lowest BCUT2D eigenvalue weighted by Crippen LogP contribution is -2.46. The highest BCUT2D eigenvalue weighted by Crippen LogP contribution is 2.13. The van der Waals surface area contributed by atoms with E-state index in [4.69, 9.17) is 5.11 Å². The SMILES string of the molecule is O=C(O)Cc1csc(CCN2CCN(Cc3ccccc3)CC2)n1. The Labute approximate surface area is 146 Å². The molecule has 0 bridgehead atoms. The van der Waals surface area contributed by atoms with Crippen molar-refractivity contribution in [2.75, 3.05) is 32.7 Å². The molecule has 1 aromatic carbocycles. The average molecular weight is 345 g/mol. The Bertz CT molecular complexity index is 651. The first-order chi connectivity index (χ1) is 11.7. The quantitative estimate of drug-likeness (QED) is 0.833. The number of rotatable bonds is 7. The van der Waals surface area contributed by atoms with Crippen LogP contribution in [0.1, 0.15) is 16.3 Å². The summed E-state index contributed by atoms with van der Waals surface area (Å²) in [6.07, 6.45) is 0.928. The Morgan fingerprint density at radius 3 is 2.54 bits per heavy atom. The van der Waals surface area contributed by atoms with Crippen molar-refractivity contribution in [3.63, 3.8) is 0 Å². The predicted octanol–water partition coefficient (Wildman–Crippen LogP) is 2.13. The van der Waals surface area contributed by atoms with Gasteiger partial charge >= 0.3 is 5.97 Å². The highest BCUT2D eigenvalue weighted by molar-refractivity contribution is 7.09. The van der Waals surface area contributed by atoms with Crippen LogP contribution in [0, 0.1) is 0 Å². The number of aromatic nitrogens is 1. The van der Waals surface area contributed by atoms with Crippen LogP contribution in [0.2, 0.25) is 0 Å². The maximum atomic E-state index is 10.7. The molecule has 3 rings (SSSR count). The van der Waals surface area contributed by atoms with E-state index in [2.05, 4.69) is 45.1 Å². The number of hydrogen-bond acceptors (Lipinski definition) is 5. The number of piperazine rings is 1. The van der Waals surface area contributed by atoms with Crippen molar-refractivity contribution in [2.24, 2.45) is 0 Å². The van der Waals surface area contributed by atoms with Crippen LogP contribution in [0.15, 0.2) is 35.7 Å². The second-order valence-corrected chi connectivity index (χ2v) is 7.10. The number of nitrogens with zero attached hydrogens (tertiary/aromatic N) is 3. The molecule has 1 N–H and O–H groups in total. The third-order valence-corrected chi connectivity index (χ3v) is 5.24. The smallest absolute Gasteiger partial charge is 0.309 e. The molecule has 0 spiro atoms. The first kappa shape index (κ1) is 17.1. The number of thiazole rings is 1. The van der Waals surface area contributed by atoms with Crippen molar-refractivity contribution in [3.05, 3.63) is 52.0 Å². The molecule has 2 aromatic rings. The van der Waals surface area contributed by atoms with Gasteiger partial charge < -0.3 is 10.0 Å². The molecule has 24 heavy (non-hydrogen) atoms. The zero-order chi connectivity index (χ0) is 16.8. The highest BCUT2D eigenvalue weighted by atomic mass is 32.1. The summed E-state index contributed by atoms with van der Waals surface area (Å²) < 4.78 is 0. The summed E-state index contributed by atoms with van der Waals surface area (Å²) in [4.78, 5) is 20.1. The molecule has 0 unspecified atom stereocenters. The molecule has 0 saturated carbocycles. The van der Waals surface area contributed by atoms with Crippen molar-refractivity contribution >= 4 is 17.3 Å². The van der Waals surface area contributed by atoms with E-state index < -0.39 is 5.97 Å². The van der Waals surface area contributed by atoms with Gasteiger partial charge in [-0.25, -0.2) is 4.98 Å². The predicted molar refractivity (Wildman–Crippen MR) is 95.3 cm³/mol. The topological polar surface area (TPSA) is 56.7 Å². The van der Waals surface area contributed by atoms with Crippen molar-refractivity contribution in [1.29, 1.82) is 0 Å². The number of carboxylic acids is 1. The van der Waals surface area contributed by atoms with E-state index in [9.17, 15) is 4.79 Å². The number of carbonyl (C=O) groups is 1. The van der Waals surface area contributed by atoms with E-state index in [1.54, 1.807) is 11.3 Å². The number of benzene rings is 1. The van der Waals surface area contributed by atoms with Crippen LogP contribution in [0.5, 0.6) is 0 Å². The summed E-state index contributed by atoms with van der Waals surface area (Å²) in [5.41, 5.74) is 2.05. The van der Waals surface area contributed by atoms with Crippen LogP contribution in [0.25, 0.3) is 0 Å². The lowest BCUT2D eigenvalue weighted by molar-refractivity contribution is -0.136. The maximum absolute atomic E-state index is 10.7. The maximum Gasteiger partial charge on any atom is 0.309 e. The van der Waals surface area contributed by atoms with Crippen LogP contribution >= 0.6 is 11.3 Å². The van der Waals surface area contributed by atoms with Gasteiger partial charge in [-0.1, -0.05) is 30.3 Å². The van der Waals surface area contributed by atoms with Gasteiger partial charge in [-0.15, -0.1) is 11.3 Å². The van der Waals surface area contributed by atoms with Gasteiger partial charge in [0.2, 0.25) is 0 Å². The van der Waals surface area contributed by atoms with Gasteiger partial charge in [0.25, 0.3) is 0 Å². The first-order valence-corrected chi connectivity index (χ1v) is 9.21. The molecule has 0 radical (unpaired) electrons. The van der Waals surface area contributed by atoms with Crippen LogP contribution in [0.4, 0.5) is 0 Å². The Hall–Kier alpha value is -1.76. The molecular weight excluding hydrogens is 322 g/mol. The molecule has 0 amide bonds. The van der Waals surface area contributed by atoms with Crippen molar-refractivity contribution in [3.8, 4) is 0 Å². The van der Waals surface area contributed by atoms with Gasteiger partial charge in [-0.3, -0.25) is 9.69 Å². The van der Waals surface area contributed by atoms with Gasteiger partial charge in [0.15, 0.2) is 0 Å². The minimum Gasteiger partial charge on any atom is -0.481 e. The molecule has 0 aliphatic carbocycles. The summed E-state index contributed by atoms with van der Waals surface area (Å²) >= 11 is 1.57. The molecular formula is C18H23N3O2S. The molecule has 1 aliphatic rings. The second kappa shape index (κ2) is 8.37. The molecule has 6 heteroatoms. The summed E-state index contributed by atoms with van der Waals surface area (Å²) in [6.45, 7) is 6.38. The number of aliphatic carboxylic acids is 1. The molecule has 1 saturated heterocycles. The number of hydrogen-bond donors (Lipinski definition) is 1. The zero-order valence-corrected chi connectivity index (χ0v) is 14.5. The second-order valence-electron chi connectivity index (χ2n) is 6.16. The largest absolute Gasteiger partial charge is 0.481 e. The van der Waals surface area contributed by atoms with Gasteiger partial charge in [0.05, 0.1) is 17.1 Å². The fourth-order valence-corrected chi connectivity index (χ4v) is 3.75. The Morgan fingerprint density at radius 1 is 1.12 bits per heavy atom. The van der Waals surface area contributed by atoms with E-state index in [1.165, 1.54) is 5.56 Å². The Balaban J connectivity index is 1.39. The minimum atomic E-state index is -0.818. The zero-order valence-electron chi connectivity index (χ0n) is 13.7. The van der Waals surface area contributed by atoms with Crippen molar-refractivity contribution in [2.45, 2.75) is 19.4 Å². The third kappa shape index (κ3) is 5.12. The van der Waals surface area contributed by atoms with E-state index in [0.29, 0.717) is 5.69 Å². The first-order valence-electron chi connectivity index (χ1n) is 8.33. The van der Waals surface area contributed by atoms with Crippen LogP contribution in [0.3, 0.4) is 0 Å². The van der Waals surface area contributed by atoms with Gasteiger partial charge in [-0.2, -0.15) is 0 Å². The fourth-order valence-electron chi connectivity index (χ4n) is 2.97. The van der Waals surface area contributed by atoms with Crippen LogP contribution in [-0.4, -0.2) is 58.6 Å². The Kier molecular flexibility index (Phi) is 5.96. The van der Waals surface area contributed by atoms with Gasteiger partial charge in [0, 0.05) is 51.1 Å². The van der Waals surface area contributed by atoms with Gasteiger partial charge in [0.1, 0.15) is 0 Å². The molecule has 128 valence electrons. The number of carboxylic acid groups (broad SMARTS) is 1. The lowest BCUT2D eigenvalue weighted by Gasteiger charge is -2.34. The third-order valence-electron chi connectivity index (χ3n) is 4.29. The van der Waals surface area contributed by atoms with Crippen LogP contribution in [-0.2, 0) is 24.2 Å². The average Bonchev–Trinajstić information content (AvgIpc) is 3.02. The highest BCUT2D eigenvalue weighted by Gasteiger charge is 2.17. The van der Waals surface area contributed by atoms with Crippen molar-refractivity contribution < 1.29 is 9.90 Å². The van der Waals surface area contributed by atoms with Crippen molar-refractivity contribution in [1.82, 2.24) is 14.8 Å². The molecule has 2 heterocycles. The van der Waals surface area contributed by atoms with E-state index in [0.717, 1.165) is 50.7 Å². The normalized spacial score (nSPS) is 16.3. The summed E-state index contributed by atoms with van der Waals surface area (Å²) in [5.74, 6) is -0.818. The van der Waals surface area contributed by atoms with Crippen LogP contribution < -0.4 is 0 Å². The Morgan fingerprint density at radius 2 is 1.83 bits per heavy atom. The summed E-state index contributed by atoms with van der Waals surface area (Å²) in [7, 11) is 0. The molecule has 5 nitrogen and oxygen atoms in total. The standard InChI is InChI=1S/C18H23N3O2S/c22-18(23)12-16-14-24-17(19-16)6-7-20-8-10-21(11-9-20)13-15-4-2-1-3-5-15/h1-5,14H,6-13H2,(H,22,23). The van der Waals surface area contributed by atoms with E-state index in [1.807, 2.05) is 5.38 Å². The molecule has 1 aliphatic heterocycles. The summed E-state index contributed by atoms with van der Waals surface area (Å²) in [6, 6.07) is 10.6. The van der Waals surface area contributed by atoms with E-state index >= 15 is 0 Å². The van der Waals surface area contributed by atoms with Gasteiger partial charge in [-0.05, 0) is 5.56 Å². The fraction of sp³-hybridized carbons (Fsp3) is 0.444. The van der Waals surface area contributed by atoms with E-state index in [-0.39, 0.29) is 6.42 Å². The molecule has 1 fully saturated rings. The molecule has 1 aromatic heterocycles.